The van der Waals surface area contributed by atoms with Crippen LogP contribution in [0, 0.1) is 0 Å². The monoisotopic (exact) mass is 219 g/mol. The number of alkyl halides is 3. The van der Waals surface area contributed by atoms with Gasteiger partial charge in [0.05, 0.1) is 11.7 Å². The van der Waals surface area contributed by atoms with Crippen LogP contribution in [-0.2, 0) is 10.9 Å². The number of halogens is 3. The van der Waals surface area contributed by atoms with Gasteiger partial charge in [-0.3, -0.25) is 0 Å². The average molecular weight is 219 g/mol. The number of ether oxygens (including phenoxy) is 1. The lowest BCUT2D eigenvalue weighted by molar-refractivity contribution is -0.139. The van der Waals surface area contributed by atoms with Crippen molar-refractivity contribution in [3.63, 3.8) is 0 Å². The van der Waals surface area contributed by atoms with Gasteiger partial charge in [0.15, 0.2) is 0 Å². The van der Waals surface area contributed by atoms with Crippen molar-refractivity contribution in [2.75, 3.05) is 13.7 Å². The molecule has 1 aromatic carbocycles. The van der Waals surface area contributed by atoms with Gasteiger partial charge in [0.1, 0.15) is 0 Å². The van der Waals surface area contributed by atoms with E-state index in [4.69, 9.17) is 10.5 Å². The molecule has 15 heavy (non-hydrogen) atoms. The SMILES string of the molecule is CO[C@@H](CN)c1ccccc1C(F)(F)F. The summed E-state index contributed by atoms with van der Waals surface area (Å²) in [6.45, 7) is 0.0175. The Labute approximate surface area is 85.8 Å². The van der Waals surface area contributed by atoms with Crippen LogP contribution in [0.1, 0.15) is 17.2 Å². The molecule has 0 aliphatic heterocycles. The van der Waals surface area contributed by atoms with Gasteiger partial charge in [-0.05, 0) is 11.6 Å². The smallest absolute Gasteiger partial charge is 0.375 e. The maximum Gasteiger partial charge on any atom is 0.416 e. The van der Waals surface area contributed by atoms with Gasteiger partial charge in [-0.2, -0.15) is 13.2 Å². The highest BCUT2D eigenvalue weighted by Crippen LogP contribution is 2.34. The van der Waals surface area contributed by atoms with Crippen molar-refractivity contribution in [3.05, 3.63) is 35.4 Å². The fraction of sp³-hybridized carbons (Fsp3) is 0.400. The molecule has 0 saturated heterocycles. The van der Waals surface area contributed by atoms with Crippen molar-refractivity contribution in [1.82, 2.24) is 0 Å². The predicted octanol–water partition coefficient (Wildman–Crippen LogP) is 2.35. The Balaban J connectivity index is 3.17. The highest BCUT2D eigenvalue weighted by molar-refractivity contribution is 5.31. The largest absolute Gasteiger partial charge is 0.416 e. The van der Waals surface area contributed by atoms with Gasteiger partial charge in [0.25, 0.3) is 0 Å². The molecule has 1 rings (SSSR count). The summed E-state index contributed by atoms with van der Waals surface area (Å²) in [5.74, 6) is 0. The molecule has 0 aliphatic rings. The summed E-state index contributed by atoms with van der Waals surface area (Å²) in [5.41, 5.74) is 4.72. The highest BCUT2D eigenvalue weighted by atomic mass is 19.4. The Kier molecular flexibility index (Phi) is 3.71. The van der Waals surface area contributed by atoms with E-state index in [-0.39, 0.29) is 12.1 Å². The second-order valence-electron chi connectivity index (χ2n) is 3.05. The number of benzene rings is 1. The van der Waals surface area contributed by atoms with Crippen molar-refractivity contribution >= 4 is 0 Å². The van der Waals surface area contributed by atoms with Crippen LogP contribution >= 0.6 is 0 Å². The molecule has 2 nitrogen and oxygen atoms in total. The molecular weight excluding hydrogens is 207 g/mol. The average Bonchev–Trinajstić information content (AvgIpc) is 2.19. The van der Waals surface area contributed by atoms with Crippen molar-refractivity contribution in [2.24, 2.45) is 5.73 Å². The first-order valence-electron chi connectivity index (χ1n) is 4.39. The van der Waals surface area contributed by atoms with Gasteiger partial charge >= 0.3 is 6.18 Å². The molecule has 0 saturated carbocycles. The molecule has 0 heterocycles. The molecule has 0 fully saturated rings. The first-order chi connectivity index (χ1) is 7.00. The van der Waals surface area contributed by atoms with Crippen molar-refractivity contribution in [3.8, 4) is 0 Å². The summed E-state index contributed by atoms with van der Waals surface area (Å²) in [4.78, 5) is 0. The standard InChI is InChI=1S/C10H12F3NO/c1-15-9(6-14)7-4-2-3-5-8(7)10(11,12)13/h2-5,9H,6,14H2,1H3/t9-/m0/s1. The van der Waals surface area contributed by atoms with Crippen LogP contribution in [-0.4, -0.2) is 13.7 Å². The zero-order valence-electron chi connectivity index (χ0n) is 8.21. The highest BCUT2D eigenvalue weighted by Gasteiger charge is 2.34. The van der Waals surface area contributed by atoms with E-state index in [1.54, 1.807) is 0 Å². The molecule has 84 valence electrons. The number of rotatable bonds is 3. The summed E-state index contributed by atoms with van der Waals surface area (Å²) >= 11 is 0. The van der Waals surface area contributed by atoms with E-state index in [1.165, 1.54) is 25.3 Å². The van der Waals surface area contributed by atoms with Gasteiger partial charge in [-0.15, -0.1) is 0 Å². The molecule has 1 aromatic rings. The van der Waals surface area contributed by atoms with E-state index >= 15 is 0 Å². The summed E-state index contributed by atoms with van der Waals surface area (Å²) in [6.07, 6.45) is -5.09. The lowest BCUT2D eigenvalue weighted by Crippen LogP contribution is -2.19. The van der Waals surface area contributed by atoms with Gasteiger partial charge in [0.2, 0.25) is 0 Å². The van der Waals surface area contributed by atoms with E-state index in [0.29, 0.717) is 0 Å². The molecule has 2 N–H and O–H groups in total. The topological polar surface area (TPSA) is 35.2 Å². The number of nitrogens with two attached hydrogens (primary N) is 1. The zero-order valence-corrected chi connectivity index (χ0v) is 8.21. The quantitative estimate of drug-likeness (QED) is 0.846. The lowest BCUT2D eigenvalue weighted by Gasteiger charge is -2.18. The Morgan fingerprint density at radius 2 is 1.93 bits per heavy atom. The summed E-state index contributed by atoms with van der Waals surface area (Å²) in [6, 6.07) is 5.28. The van der Waals surface area contributed by atoms with E-state index in [2.05, 4.69) is 0 Å². The van der Waals surface area contributed by atoms with Crippen molar-refractivity contribution in [2.45, 2.75) is 12.3 Å². The maximum absolute atomic E-state index is 12.6. The normalized spacial score (nSPS) is 13.9. The summed E-state index contributed by atoms with van der Waals surface area (Å²) in [7, 11) is 1.34. The minimum Gasteiger partial charge on any atom is -0.375 e. The molecule has 5 heteroatoms. The molecule has 0 aromatic heterocycles. The molecule has 0 spiro atoms. The zero-order chi connectivity index (χ0) is 11.5. The molecular formula is C10H12F3NO. The fourth-order valence-corrected chi connectivity index (χ4v) is 1.39. The minimum atomic E-state index is -4.37. The Morgan fingerprint density at radius 1 is 1.33 bits per heavy atom. The summed E-state index contributed by atoms with van der Waals surface area (Å²) < 4.78 is 42.7. The van der Waals surface area contributed by atoms with Gasteiger partial charge in [-0.25, -0.2) is 0 Å². The fourth-order valence-electron chi connectivity index (χ4n) is 1.39. The molecule has 0 aliphatic carbocycles. The Bertz CT molecular complexity index is 321. The third-order valence-corrected chi connectivity index (χ3v) is 2.11. The second-order valence-corrected chi connectivity index (χ2v) is 3.05. The van der Waals surface area contributed by atoms with Crippen LogP contribution in [0.2, 0.25) is 0 Å². The van der Waals surface area contributed by atoms with Gasteiger partial charge in [-0.1, -0.05) is 18.2 Å². The van der Waals surface area contributed by atoms with Crippen LogP contribution in [0.4, 0.5) is 13.2 Å². The van der Waals surface area contributed by atoms with Crippen LogP contribution in [0.5, 0.6) is 0 Å². The van der Waals surface area contributed by atoms with E-state index in [1.807, 2.05) is 0 Å². The first-order valence-corrected chi connectivity index (χ1v) is 4.39. The molecule has 0 bridgehead atoms. The van der Waals surface area contributed by atoms with E-state index in [9.17, 15) is 13.2 Å². The third kappa shape index (κ3) is 2.70. The lowest BCUT2D eigenvalue weighted by atomic mass is 10.0. The molecule has 0 radical (unpaired) electrons. The Morgan fingerprint density at radius 3 is 2.40 bits per heavy atom. The minimum absolute atomic E-state index is 0.0175. The van der Waals surface area contributed by atoms with Crippen LogP contribution in [0.25, 0.3) is 0 Å². The van der Waals surface area contributed by atoms with Crippen molar-refractivity contribution < 1.29 is 17.9 Å². The molecule has 0 unspecified atom stereocenters. The number of hydrogen-bond acceptors (Lipinski definition) is 2. The van der Waals surface area contributed by atoms with Crippen LogP contribution in [0.15, 0.2) is 24.3 Å². The second kappa shape index (κ2) is 4.63. The number of hydrogen-bond donors (Lipinski definition) is 1. The molecule has 1 atom stereocenters. The van der Waals surface area contributed by atoms with Crippen LogP contribution < -0.4 is 5.73 Å². The van der Waals surface area contributed by atoms with Crippen LogP contribution in [0.3, 0.4) is 0 Å². The maximum atomic E-state index is 12.6. The van der Waals surface area contributed by atoms with E-state index in [0.717, 1.165) is 6.07 Å². The van der Waals surface area contributed by atoms with Crippen molar-refractivity contribution in [1.29, 1.82) is 0 Å². The first kappa shape index (κ1) is 12.0. The molecule has 0 amide bonds. The predicted molar refractivity (Wildman–Crippen MR) is 50.2 cm³/mol. The summed E-state index contributed by atoms with van der Waals surface area (Å²) in [5, 5.41) is 0. The van der Waals surface area contributed by atoms with Gasteiger partial charge in [0, 0.05) is 13.7 Å². The van der Waals surface area contributed by atoms with Gasteiger partial charge < -0.3 is 10.5 Å². The number of methoxy groups -OCH3 is 1. The third-order valence-electron chi connectivity index (χ3n) is 2.11. The van der Waals surface area contributed by atoms with E-state index < -0.39 is 17.8 Å². The Hall–Kier alpha value is -1.07.